The first-order valence-corrected chi connectivity index (χ1v) is 7.82. The van der Waals surface area contributed by atoms with Crippen molar-refractivity contribution in [1.29, 1.82) is 5.26 Å². The average Bonchev–Trinajstić information content (AvgIpc) is 2.39. The van der Waals surface area contributed by atoms with Gasteiger partial charge < -0.3 is 4.74 Å². The molecule has 0 bridgehead atoms. The van der Waals surface area contributed by atoms with Crippen LogP contribution in [0.2, 0.25) is 0 Å². The van der Waals surface area contributed by atoms with Crippen molar-refractivity contribution in [3.63, 3.8) is 0 Å². The van der Waals surface area contributed by atoms with Gasteiger partial charge in [0.1, 0.15) is 0 Å². The maximum Gasteiger partial charge on any atom is 0.216 e. The van der Waals surface area contributed by atoms with Crippen molar-refractivity contribution in [3.05, 3.63) is 35.4 Å². The topological polar surface area (TPSA) is 79.2 Å². The largest absolute Gasteiger partial charge is 0.381 e. The number of ether oxygens (including phenoxy) is 1. The summed E-state index contributed by atoms with van der Waals surface area (Å²) in [5, 5.41) is 8.95. The van der Waals surface area contributed by atoms with Gasteiger partial charge in [-0.1, -0.05) is 18.2 Å². The lowest BCUT2D eigenvalue weighted by Gasteiger charge is -2.23. The zero-order valence-corrected chi connectivity index (χ0v) is 11.3. The molecule has 0 saturated carbocycles. The molecule has 1 aromatic rings. The van der Waals surface area contributed by atoms with Gasteiger partial charge in [0.2, 0.25) is 10.0 Å². The van der Waals surface area contributed by atoms with Crippen LogP contribution in [0.4, 0.5) is 0 Å². The number of nitrogens with one attached hydrogen (secondary N) is 1. The van der Waals surface area contributed by atoms with Gasteiger partial charge in [0.15, 0.2) is 0 Å². The van der Waals surface area contributed by atoms with Crippen molar-refractivity contribution in [2.75, 3.05) is 13.2 Å². The highest BCUT2D eigenvalue weighted by atomic mass is 32.2. The zero-order valence-electron chi connectivity index (χ0n) is 10.5. The highest BCUT2D eigenvalue weighted by Gasteiger charge is 2.21. The zero-order chi connectivity index (χ0) is 13.7. The predicted octanol–water partition coefficient (Wildman–Crippen LogP) is 1.16. The number of hydrogen-bond acceptors (Lipinski definition) is 4. The van der Waals surface area contributed by atoms with Crippen LogP contribution in [0.3, 0.4) is 0 Å². The fourth-order valence-corrected chi connectivity index (χ4v) is 3.56. The molecule has 1 aliphatic rings. The Morgan fingerprint density at radius 2 is 2.00 bits per heavy atom. The van der Waals surface area contributed by atoms with E-state index >= 15 is 0 Å². The van der Waals surface area contributed by atoms with Crippen LogP contribution >= 0.6 is 0 Å². The molecule has 0 atom stereocenters. The summed E-state index contributed by atoms with van der Waals surface area (Å²) in [6, 6.07) is 8.70. The highest BCUT2D eigenvalue weighted by Crippen LogP contribution is 2.13. The number of nitriles is 1. The van der Waals surface area contributed by atoms with E-state index in [-0.39, 0.29) is 11.8 Å². The fourth-order valence-electron chi connectivity index (χ4n) is 2.07. The molecule has 0 spiro atoms. The molecule has 1 saturated heterocycles. The number of sulfonamides is 1. The van der Waals surface area contributed by atoms with E-state index in [0.717, 1.165) is 0 Å². The molecule has 1 fully saturated rings. The van der Waals surface area contributed by atoms with E-state index < -0.39 is 10.0 Å². The fraction of sp³-hybridized carbons (Fsp3) is 0.462. The third-order valence-electron chi connectivity index (χ3n) is 3.05. The van der Waals surface area contributed by atoms with Crippen LogP contribution in [0.25, 0.3) is 0 Å². The van der Waals surface area contributed by atoms with Crippen molar-refractivity contribution in [2.24, 2.45) is 0 Å². The average molecular weight is 280 g/mol. The number of benzene rings is 1. The van der Waals surface area contributed by atoms with Gasteiger partial charge in [-0.15, -0.1) is 0 Å². The van der Waals surface area contributed by atoms with E-state index in [2.05, 4.69) is 4.72 Å². The second kappa shape index (κ2) is 6.15. The van der Waals surface area contributed by atoms with Gasteiger partial charge in [0.05, 0.1) is 17.4 Å². The van der Waals surface area contributed by atoms with Crippen molar-refractivity contribution in [1.82, 2.24) is 4.72 Å². The Morgan fingerprint density at radius 3 is 2.68 bits per heavy atom. The second-order valence-corrected chi connectivity index (χ2v) is 6.29. The minimum atomic E-state index is -3.42. The molecule has 1 heterocycles. The number of nitrogens with zero attached hydrogens (tertiary/aromatic N) is 1. The molecule has 5 nitrogen and oxygen atoms in total. The van der Waals surface area contributed by atoms with E-state index in [1.165, 1.54) is 0 Å². The van der Waals surface area contributed by atoms with Gasteiger partial charge in [-0.3, -0.25) is 0 Å². The molecule has 0 unspecified atom stereocenters. The van der Waals surface area contributed by atoms with Gasteiger partial charge in [0, 0.05) is 19.3 Å². The summed E-state index contributed by atoms with van der Waals surface area (Å²) in [6.07, 6.45) is 1.39. The number of rotatable bonds is 4. The van der Waals surface area contributed by atoms with E-state index in [1.54, 1.807) is 24.3 Å². The van der Waals surface area contributed by atoms with Gasteiger partial charge in [-0.25, -0.2) is 13.1 Å². The molecule has 0 aromatic heterocycles. The Hall–Kier alpha value is -1.42. The van der Waals surface area contributed by atoms with Gasteiger partial charge >= 0.3 is 0 Å². The van der Waals surface area contributed by atoms with Gasteiger partial charge in [-0.05, 0) is 24.5 Å². The molecular weight excluding hydrogens is 264 g/mol. The molecule has 1 aliphatic heterocycles. The molecular formula is C13H16N2O3S. The van der Waals surface area contributed by atoms with Crippen LogP contribution in [0.5, 0.6) is 0 Å². The summed E-state index contributed by atoms with van der Waals surface area (Å²) in [7, 11) is -3.42. The minimum Gasteiger partial charge on any atom is -0.381 e. The third-order valence-corrected chi connectivity index (χ3v) is 4.43. The molecule has 19 heavy (non-hydrogen) atoms. The Bertz CT molecular complexity index is 572. The monoisotopic (exact) mass is 280 g/mol. The van der Waals surface area contributed by atoms with Crippen molar-refractivity contribution in [3.8, 4) is 6.07 Å². The van der Waals surface area contributed by atoms with Gasteiger partial charge in [0.25, 0.3) is 0 Å². The Labute approximate surface area is 113 Å². The molecule has 0 amide bonds. The summed E-state index contributed by atoms with van der Waals surface area (Å²) in [5.74, 6) is -0.159. The lowest BCUT2D eigenvalue weighted by atomic mass is 10.1. The molecule has 0 radical (unpaired) electrons. The van der Waals surface area contributed by atoms with Crippen LogP contribution < -0.4 is 4.72 Å². The van der Waals surface area contributed by atoms with E-state index in [9.17, 15) is 8.42 Å². The molecule has 0 aliphatic carbocycles. The van der Waals surface area contributed by atoms with Crippen LogP contribution in [0, 0.1) is 11.3 Å². The Morgan fingerprint density at radius 1 is 1.32 bits per heavy atom. The SMILES string of the molecule is N#Cc1ccccc1CS(=O)(=O)NC1CCOCC1. The standard InChI is InChI=1S/C13H16N2O3S/c14-9-11-3-1-2-4-12(11)10-19(16,17)15-13-5-7-18-8-6-13/h1-4,13,15H,5-8,10H2. The lowest BCUT2D eigenvalue weighted by Crippen LogP contribution is -2.39. The summed E-state index contributed by atoms with van der Waals surface area (Å²) in [5.41, 5.74) is 0.935. The van der Waals surface area contributed by atoms with E-state index in [4.69, 9.17) is 10.00 Å². The van der Waals surface area contributed by atoms with Crippen LogP contribution in [-0.2, 0) is 20.5 Å². The minimum absolute atomic E-state index is 0.0620. The summed E-state index contributed by atoms with van der Waals surface area (Å²) < 4.78 is 32.0. The first-order valence-electron chi connectivity index (χ1n) is 6.16. The van der Waals surface area contributed by atoms with Crippen molar-refractivity contribution >= 4 is 10.0 Å². The molecule has 1 aromatic carbocycles. The maximum absolute atomic E-state index is 12.1. The summed E-state index contributed by atoms with van der Waals surface area (Å²) >= 11 is 0. The highest BCUT2D eigenvalue weighted by molar-refractivity contribution is 7.88. The quantitative estimate of drug-likeness (QED) is 0.897. The Kier molecular flexibility index (Phi) is 4.53. The second-order valence-electron chi connectivity index (χ2n) is 4.53. The predicted molar refractivity (Wildman–Crippen MR) is 70.8 cm³/mol. The van der Waals surface area contributed by atoms with Gasteiger partial charge in [-0.2, -0.15) is 5.26 Å². The van der Waals surface area contributed by atoms with Crippen LogP contribution in [0.15, 0.2) is 24.3 Å². The first-order chi connectivity index (χ1) is 9.11. The Balaban J connectivity index is 2.06. The van der Waals surface area contributed by atoms with Crippen molar-refractivity contribution in [2.45, 2.75) is 24.6 Å². The molecule has 6 heteroatoms. The smallest absolute Gasteiger partial charge is 0.216 e. The summed E-state index contributed by atoms with van der Waals surface area (Å²) in [6.45, 7) is 1.17. The van der Waals surface area contributed by atoms with Crippen LogP contribution in [0.1, 0.15) is 24.0 Å². The van der Waals surface area contributed by atoms with Crippen molar-refractivity contribution < 1.29 is 13.2 Å². The van der Waals surface area contributed by atoms with E-state index in [1.807, 2.05) is 6.07 Å². The normalized spacial score (nSPS) is 17.0. The first kappa shape index (κ1) is 14.0. The molecule has 102 valence electrons. The van der Waals surface area contributed by atoms with Crippen LogP contribution in [-0.4, -0.2) is 27.7 Å². The number of hydrogen-bond donors (Lipinski definition) is 1. The molecule has 1 N–H and O–H groups in total. The molecule has 2 rings (SSSR count). The third kappa shape index (κ3) is 4.03. The maximum atomic E-state index is 12.1. The van der Waals surface area contributed by atoms with E-state index in [0.29, 0.717) is 37.2 Å². The lowest BCUT2D eigenvalue weighted by molar-refractivity contribution is 0.0832. The summed E-state index contributed by atoms with van der Waals surface area (Å²) in [4.78, 5) is 0.